The lowest BCUT2D eigenvalue weighted by Gasteiger charge is -2.38. The van der Waals surface area contributed by atoms with Crippen LogP contribution < -0.4 is 9.47 Å². The summed E-state index contributed by atoms with van der Waals surface area (Å²) in [5.74, 6) is 1.79. The second kappa shape index (κ2) is 8.04. The molecule has 2 atom stereocenters. The molecule has 0 aromatic heterocycles. The first-order valence-corrected chi connectivity index (χ1v) is 10.7. The summed E-state index contributed by atoms with van der Waals surface area (Å²) in [6.45, 7) is 2.82. The van der Waals surface area contributed by atoms with E-state index in [1.165, 1.54) is 5.56 Å². The number of hydrogen-bond acceptors (Lipinski definition) is 4. The van der Waals surface area contributed by atoms with Crippen LogP contribution in [0.25, 0.3) is 0 Å². The molecule has 0 N–H and O–H groups in total. The van der Waals surface area contributed by atoms with E-state index in [-0.39, 0.29) is 12.3 Å². The van der Waals surface area contributed by atoms with Crippen LogP contribution in [0.1, 0.15) is 48.7 Å². The van der Waals surface area contributed by atoms with Crippen LogP contribution in [-0.2, 0) is 0 Å². The monoisotopic (exact) mass is 418 g/mol. The Morgan fingerprint density at radius 3 is 2.57 bits per heavy atom. The van der Waals surface area contributed by atoms with Crippen molar-refractivity contribution in [3.05, 3.63) is 94.5 Å². The van der Waals surface area contributed by atoms with Gasteiger partial charge >= 0.3 is 0 Å². The number of hydrazone groups is 1. The highest BCUT2D eigenvalue weighted by Gasteiger charge is 2.40. The van der Waals surface area contributed by atoms with Crippen molar-refractivity contribution in [2.45, 2.75) is 32.0 Å². The van der Waals surface area contributed by atoms with Crippen molar-refractivity contribution >= 4 is 17.3 Å². The standard InChI is InChI=1S/C25H23ClN2O2/c1-2-15-29-20-13-9-18(10-14-20)25-28-23(21-5-3-4-6-24(21)30-25)16-22(27-28)17-7-11-19(26)12-8-17/h3-14,23,25H,2,15-16H2,1H3. The number of ether oxygens (including phenoxy) is 2. The minimum Gasteiger partial charge on any atom is -0.494 e. The van der Waals surface area contributed by atoms with Gasteiger partial charge in [0, 0.05) is 22.6 Å². The average Bonchev–Trinajstić information content (AvgIpc) is 3.24. The summed E-state index contributed by atoms with van der Waals surface area (Å²) >= 11 is 6.07. The minimum atomic E-state index is -0.282. The van der Waals surface area contributed by atoms with E-state index in [9.17, 15) is 0 Å². The van der Waals surface area contributed by atoms with Gasteiger partial charge in [0.2, 0.25) is 6.23 Å². The van der Waals surface area contributed by atoms with E-state index >= 15 is 0 Å². The Morgan fingerprint density at radius 2 is 1.80 bits per heavy atom. The Balaban J connectivity index is 1.50. The molecular formula is C25H23ClN2O2. The molecule has 3 aromatic rings. The smallest absolute Gasteiger partial charge is 0.213 e. The highest BCUT2D eigenvalue weighted by atomic mass is 35.5. The van der Waals surface area contributed by atoms with Crippen molar-refractivity contribution in [3.63, 3.8) is 0 Å². The SMILES string of the molecule is CCCOc1ccc(C2Oc3ccccc3C3CC(c4ccc(Cl)cc4)=NN32)cc1. The largest absolute Gasteiger partial charge is 0.494 e. The number of para-hydroxylation sites is 1. The third-order valence-corrected chi connectivity index (χ3v) is 5.77. The van der Waals surface area contributed by atoms with Crippen LogP contribution in [0, 0.1) is 0 Å². The molecule has 0 amide bonds. The summed E-state index contributed by atoms with van der Waals surface area (Å²) < 4.78 is 12.1. The molecule has 0 saturated carbocycles. The number of fused-ring (bicyclic) bond motifs is 3. The van der Waals surface area contributed by atoms with Crippen molar-refractivity contribution in [2.24, 2.45) is 5.10 Å². The molecule has 0 bridgehead atoms. The summed E-state index contributed by atoms with van der Waals surface area (Å²) in [5, 5.41) is 7.81. The summed E-state index contributed by atoms with van der Waals surface area (Å²) in [7, 11) is 0. The summed E-state index contributed by atoms with van der Waals surface area (Å²) in [6.07, 6.45) is 1.54. The lowest BCUT2D eigenvalue weighted by molar-refractivity contribution is -0.0190. The highest BCUT2D eigenvalue weighted by Crippen LogP contribution is 2.47. The first-order valence-electron chi connectivity index (χ1n) is 10.3. The molecular weight excluding hydrogens is 396 g/mol. The van der Waals surface area contributed by atoms with Crippen molar-refractivity contribution < 1.29 is 9.47 Å². The molecule has 0 aliphatic carbocycles. The molecule has 2 aliphatic rings. The normalized spacial score (nSPS) is 19.5. The van der Waals surface area contributed by atoms with Crippen molar-refractivity contribution in [2.75, 3.05) is 6.61 Å². The van der Waals surface area contributed by atoms with E-state index in [1.807, 2.05) is 48.5 Å². The van der Waals surface area contributed by atoms with Crippen LogP contribution in [0.3, 0.4) is 0 Å². The molecule has 30 heavy (non-hydrogen) atoms. The minimum absolute atomic E-state index is 0.140. The Labute approximate surface area is 181 Å². The first-order chi connectivity index (χ1) is 14.7. The van der Waals surface area contributed by atoms with E-state index in [0.717, 1.165) is 52.8 Å². The molecule has 2 aliphatic heterocycles. The van der Waals surface area contributed by atoms with Gasteiger partial charge in [0.15, 0.2) is 0 Å². The summed E-state index contributed by atoms with van der Waals surface area (Å²) in [4.78, 5) is 0. The predicted octanol–water partition coefficient (Wildman–Crippen LogP) is 6.37. The Hall–Kier alpha value is -2.98. The van der Waals surface area contributed by atoms with Gasteiger partial charge in [-0.1, -0.05) is 48.9 Å². The fourth-order valence-corrected chi connectivity index (χ4v) is 4.15. The van der Waals surface area contributed by atoms with Gasteiger partial charge in [-0.15, -0.1) is 0 Å². The molecule has 0 radical (unpaired) electrons. The second-order valence-corrected chi connectivity index (χ2v) is 8.02. The van der Waals surface area contributed by atoms with Crippen LogP contribution >= 0.6 is 11.6 Å². The van der Waals surface area contributed by atoms with Crippen LogP contribution in [0.2, 0.25) is 5.02 Å². The average molecular weight is 419 g/mol. The van der Waals surface area contributed by atoms with E-state index in [0.29, 0.717) is 0 Å². The zero-order chi connectivity index (χ0) is 20.5. The number of hydrogen-bond donors (Lipinski definition) is 0. The van der Waals surface area contributed by atoms with Gasteiger partial charge in [0.25, 0.3) is 0 Å². The topological polar surface area (TPSA) is 34.1 Å². The molecule has 5 heteroatoms. The maximum Gasteiger partial charge on any atom is 0.213 e. The predicted molar refractivity (Wildman–Crippen MR) is 119 cm³/mol. The maximum atomic E-state index is 6.41. The number of halogens is 1. The lowest BCUT2D eigenvalue weighted by Crippen LogP contribution is -2.33. The zero-order valence-corrected chi connectivity index (χ0v) is 17.5. The fourth-order valence-electron chi connectivity index (χ4n) is 4.02. The van der Waals surface area contributed by atoms with Crippen molar-refractivity contribution in [3.8, 4) is 11.5 Å². The summed E-state index contributed by atoms with van der Waals surface area (Å²) in [6, 6.07) is 24.4. The molecule has 152 valence electrons. The number of benzene rings is 3. The Bertz CT molecular complexity index is 1060. The second-order valence-electron chi connectivity index (χ2n) is 7.58. The zero-order valence-electron chi connectivity index (χ0n) is 16.8. The number of nitrogens with zero attached hydrogens (tertiary/aromatic N) is 2. The van der Waals surface area contributed by atoms with Gasteiger partial charge < -0.3 is 9.47 Å². The molecule has 2 heterocycles. The third-order valence-electron chi connectivity index (χ3n) is 5.51. The molecule has 0 fully saturated rings. The number of rotatable bonds is 5. The van der Waals surface area contributed by atoms with Gasteiger partial charge in [0.1, 0.15) is 11.5 Å². The first kappa shape index (κ1) is 19.0. The molecule has 0 saturated heterocycles. The van der Waals surface area contributed by atoms with E-state index < -0.39 is 0 Å². The van der Waals surface area contributed by atoms with Gasteiger partial charge in [0.05, 0.1) is 18.4 Å². The van der Waals surface area contributed by atoms with Crippen LogP contribution in [-0.4, -0.2) is 17.3 Å². The van der Waals surface area contributed by atoms with Gasteiger partial charge in [-0.2, -0.15) is 5.10 Å². The van der Waals surface area contributed by atoms with Crippen molar-refractivity contribution in [1.29, 1.82) is 0 Å². The lowest BCUT2D eigenvalue weighted by atomic mass is 9.96. The van der Waals surface area contributed by atoms with E-state index in [4.69, 9.17) is 26.2 Å². The van der Waals surface area contributed by atoms with Gasteiger partial charge in [-0.3, -0.25) is 0 Å². The summed E-state index contributed by atoms with van der Waals surface area (Å²) in [5.41, 5.74) is 4.36. The Morgan fingerprint density at radius 1 is 1.03 bits per heavy atom. The van der Waals surface area contributed by atoms with Gasteiger partial charge in [-0.25, -0.2) is 5.01 Å². The van der Waals surface area contributed by atoms with E-state index in [1.54, 1.807) is 0 Å². The molecule has 4 nitrogen and oxygen atoms in total. The van der Waals surface area contributed by atoms with Crippen molar-refractivity contribution in [1.82, 2.24) is 5.01 Å². The molecule has 3 aromatic carbocycles. The fraction of sp³-hybridized carbons (Fsp3) is 0.240. The van der Waals surface area contributed by atoms with Gasteiger partial charge in [-0.05, 0) is 54.4 Å². The van der Waals surface area contributed by atoms with E-state index in [2.05, 4.69) is 36.2 Å². The maximum absolute atomic E-state index is 6.41. The van der Waals surface area contributed by atoms with Crippen LogP contribution in [0.4, 0.5) is 0 Å². The molecule has 2 unspecified atom stereocenters. The van der Waals surface area contributed by atoms with Crippen LogP contribution in [0.15, 0.2) is 77.9 Å². The third kappa shape index (κ3) is 3.52. The molecule has 0 spiro atoms. The molecule has 5 rings (SSSR count). The van der Waals surface area contributed by atoms with Crippen LogP contribution in [0.5, 0.6) is 11.5 Å². The highest BCUT2D eigenvalue weighted by molar-refractivity contribution is 6.30. The quantitative estimate of drug-likeness (QED) is 0.482. The Kier molecular flexibility index (Phi) is 5.09.